The lowest BCUT2D eigenvalue weighted by molar-refractivity contribution is -0.118. The Kier molecular flexibility index (Phi) is 6.80. The molecule has 1 saturated carbocycles. The average molecular weight is 426 g/mol. The normalized spacial score (nSPS) is 13.2. The number of carbonyl (C=O) groups excluding carboxylic acids is 3. The van der Waals surface area contributed by atoms with Crippen molar-refractivity contribution in [2.24, 2.45) is 0 Å². The van der Waals surface area contributed by atoms with Crippen LogP contribution in [-0.4, -0.2) is 46.4 Å². The predicted octanol–water partition coefficient (Wildman–Crippen LogP) is 2.28. The van der Waals surface area contributed by atoms with Gasteiger partial charge in [0.15, 0.2) is 4.34 Å². The van der Waals surface area contributed by atoms with E-state index in [1.54, 1.807) is 16.2 Å². The van der Waals surface area contributed by atoms with Gasteiger partial charge >= 0.3 is 6.03 Å². The monoisotopic (exact) mass is 425 g/mol. The first kappa shape index (κ1) is 19.8. The van der Waals surface area contributed by atoms with E-state index in [-0.39, 0.29) is 17.7 Å². The number of hydrogen-bond acceptors (Lipinski definition) is 8. The van der Waals surface area contributed by atoms with Crippen LogP contribution in [0, 0.1) is 0 Å². The van der Waals surface area contributed by atoms with Crippen molar-refractivity contribution in [2.75, 3.05) is 17.2 Å². The predicted molar refractivity (Wildman–Crippen MR) is 106 cm³/mol. The number of amides is 4. The molecule has 4 amide bonds. The molecule has 0 bridgehead atoms. The number of rotatable bonds is 8. The maximum absolute atomic E-state index is 11.9. The van der Waals surface area contributed by atoms with Gasteiger partial charge in [-0.05, 0) is 30.7 Å². The number of aromatic nitrogens is 2. The van der Waals surface area contributed by atoms with Gasteiger partial charge in [0.2, 0.25) is 16.9 Å². The van der Waals surface area contributed by atoms with Crippen molar-refractivity contribution >= 4 is 57.4 Å². The van der Waals surface area contributed by atoms with E-state index >= 15 is 0 Å². The highest BCUT2D eigenvalue weighted by Crippen LogP contribution is 2.35. The third-order valence-electron chi connectivity index (χ3n) is 3.67. The first-order valence-electron chi connectivity index (χ1n) is 8.39. The van der Waals surface area contributed by atoms with Crippen molar-refractivity contribution in [3.63, 3.8) is 0 Å². The van der Waals surface area contributed by atoms with Crippen molar-refractivity contribution in [3.05, 3.63) is 22.4 Å². The van der Waals surface area contributed by atoms with Gasteiger partial charge in [0.1, 0.15) is 0 Å². The average Bonchev–Trinajstić information content (AvgIpc) is 3.10. The molecule has 0 saturated heterocycles. The van der Waals surface area contributed by atoms with Crippen molar-refractivity contribution in [1.82, 2.24) is 20.8 Å². The molecule has 2 heterocycles. The number of nitrogens with one attached hydrogen (secondary N) is 2. The van der Waals surface area contributed by atoms with E-state index in [0.29, 0.717) is 16.0 Å². The molecule has 3 rings (SSSR count). The molecule has 0 spiro atoms. The molecule has 27 heavy (non-hydrogen) atoms. The fourth-order valence-electron chi connectivity index (χ4n) is 2.33. The molecule has 0 unspecified atom stereocenters. The van der Waals surface area contributed by atoms with Crippen LogP contribution in [0.25, 0.3) is 0 Å². The molecular formula is C16H19N5O3S3. The maximum atomic E-state index is 11.9. The smallest absolute Gasteiger partial charge is 0.321 e. The minimum absolute atomic E-state index is 0.0521. The minimum atomic E-state index is -0.508. The summed E-state index contributed by atoms with van der Waals surface area (Å²) in [5.41, 5.74) is 0. The molecule has 0 atom stereocenters. The van der Waals surface area contributed by atoms with Crippen LogP contribution in [0.4, 0.5) is 9.93 Å². The van der Waals surface area contributed by atoms with Crippen LogP contribution in [0.3, 0.4) is 0 Å². The van der Waals surface area contributed by atoms with Crippen molar-refractivity contribution in [1.29, 1.82) is 0 Å². The van der Waals surface area contributed by atoms with E-state index in [1.807, 2.05) is 17.5 Å². The van der Waals surface area contributed by atoms with E-state index in [1.165, 1.54) is 34.9 Å². The van der Waals surface area contributed by atoms with Gasteiger partial charge in [0, 0.05) is 24.4 Å². The summed E-state index contributed by atoms with van der Waals surface area (Å²) in [6.07, 6.45) is 2.69. The standard InChI is InChI=1S/C16H19N5O3S3/c1-10(22)21(11-4-5-11)15-19-20-16(27-15)26-9-13(23)18-14(24)17-7-6-12-3-2-8-25-12/h2-3,8,11H,4-7,9H2,1H3,(H2,17,18,23,24). The Bertz CT molecular complexity index is 804. The Labute approximate surface area is 168 Å². The fraction of sp³-hybridized carbons (Fsp3) is 0.438. The second-order valence-corrected chi connectivity index (χ2v) is 9.10. The molecule has 2 N–H and O–H groups in total. The lowest BCUT2D eigenvalue weighted by atomic mass is 10.3. The van der Waals surface area contributed by atoms with Gasteiger partial charge < -0.3 is 5.32 Å². The molecule has 1 fully saturated rings. The number of thiophene rings is 1. The van der Waals surface area contributed by atoms with Crippen molar-refractivity contribution < 1.29 is 14.4 Å². The van der Waals surface area contributed by atoms with Gasteiger partial charge in [0.05, 0.1) is 5.75 Å². The number of anilines is 1. The van der Waals surface area contributed by atoms with Crippen LogP contribution >= 0.6 is 34.4 Å². The van der Waals surface area contributed by atoms with Gasteiger partial charge in [0.25, 0.3) is 0 Å². The molecule has 144 valence electrons. The Hall–Kier alpha value is -1.98. The summed E-state index contributed by atoms with van der Waals surface area (Å²) in [6.45, 7) is 1.98. The maximum Gasteiger partial charge on any atom is 0.321 e. The number of nitrogens with zero attached hydrogens (tertiary/aromatic N) is 3. The van der Waals surface area contributed by atoms with Gasteiger partial charge in [-0.1, -0.05) is 29.2 Å². The Morgan fingerprint density at radius 3 is 2.81 bits per heavy atom. The van der Waals surface area contributed by atoms with Crippen molar-refractivity contribution in [2.45, 2.75) is 36.6 Å². The zero-order valence-corrected chi connectivity index (χ0v) is 17.1. The summed E-state index contributed by atoms with van der Waals surface area (Å²) in [5.74, 6) is -0.408. The molecular weight excluding hydrogens is 406 g/mol. The third-order valence-corrected chi connectivity index (χ3v) is 6.66. The summed E-state index contributed by atoms with van der Waals surface area (Å²) in [5, 5.41) is 15.5. The highest BCUT2D eigenvalue weighted by Gasteiger charge is 2.34. The summed E-state index contributed by atoms with van der Waals surface area (Å²) < 4.78 is 0.588. The van der Waals surface area contributed by atoms with Crippen LogP contribution in [0.2, 0.25) is 0 Å². The molecule has 1 aliphatic rings. The van der Waals surface area contributed by atoms with Crippen LogP contribution < -0.4 is 15.5 Å². The first-order valence-corrected chi connectivity index (χ1v) is 11.1. The highest BCUT2D eigenvalue weighted by molar-refractivity contribution is 8.01. The summed E-state index contributed by atoms with van der Waals surface area (Å²) >= 11 is 4.10. The molecule has 8 nitrogen and oxygen atoms in total. The molecule has 11 heteroatoms. The molecule has 1 aliphatic carbocycles. The topological polar surface area (TPSA) is 104 Å². The Morgan fingerprint density at radius 2 is 2.15 bits per heavy atom. The van der Waals surface area contributed by atoms with Gasteiger partial charge in [-0.15, -0.1) is 21.5 Å². The second kappa shape index (κ2) is 9.29. The highest BCUT2D eigenvalue weighted by atomic mass is 32.2. The zero-order chi connectivity index (χ0) is 19.2. The quantitative estimate of drug-likeness (QED) is 0.497. The van der Waals surface area contributed by atoms with Crippen LogP contribution in [0.15, 0.2) is 21.9 Å². The third kappa shape index (κ3) is 6.01. The SMILES string of the molecule is CC(=O)N(c1nnc(SCC(=O)NC(=O)NCCc2cccs2)s1)C1CC1. The number of imide groups is 1. The molecule has 0 aromatic carbocycles. The van der Waals surface area contributed by atoms with Gasteiger partial charge in [-0.25, -0.2) is 4.79 Å². The largest absolute Gasteiger partial charge is 0.337 e. The number of carbonyl (C=O) groups is 3. The Balaban J connectivity index is 1.38. The number of hydrogen-bond donors (Lipinski definition) is 2. The number of thioether (sulfide) groups is 1. The summed E-state index contributed by atoms with van der Waals surface area (Å²) in [6, 6.07) is 3.67. The lowest BCUT2D eigenvalue weighted by Crippen LogP contribution is -2.41. The van der Waals surface area contributed by atoms with E-state index in [4.69, 9.17) is 0 Å². The van der Waals surface area contributed by atoms with Crippen LogP contribution in [0.5, 0.6) is 0 Å². The first-order chi connectivity index (χ1) is 13.0. The number of urea groups is 1. The molecule has 2 aromatic heterocycles. The van der Waals surface area contributed by atoms with Crippen LogP contribution in [-0.2, 0) is 16.0 Å². The Morgan fingerprint density at radius 1 is 1.33 bits per heavy atom. The van der Waals surface area contributed by atoms with E-state index < -0.39 is 11.9 Å². The summed E-state index contributed by atoms with van der Waals surface area (Å²) in [7, 11) is 0. The summed E-state index contributed by atoms with van der Waals surface area (Å²) in [4.78, 5) is 38.2. The van der Waals surface area contributed by atoms with E-state index in [9.17, 15) is 14.4 Å². The molecule has 0 aliphatic heterocycles. The molecule has 2 aromatic rings. The van der Waals surface area contributed by atoms with Crippen molar-refractivity contribution in [3.8, 4) is 0 Å². The van der Waals surface area contributed by atoms with E-state index in [0.717, 1.165) is 19.3 Å². The minimum Gasteiger partial charge on any atom is -0.337 e. The van der Waals surface area contributed by atoms with Gasteiger partial charge in [-0.3, -0.25) is 19.8 Å². The van der Waals surface area contributed by atoms with E-state index in [2.05, 4.69) is 20.8 Å². The lowest BCUT2D eigenvalue weighted by Gasteiger charge is -2.15. The van der Waals surface area contributed by atoms with Gasteiger partial charge in [-0.2, -0.15) is 0 Å². The zero-order valence-electron chi connectivity index (χ0n) is 14.6. The fourth-order valence-corrected chi connectivity index (χ4v) is 4.79. The second-order valence-electron chi connectivity index (χ2n) is 5.89. The van der Waals surface area contributed by atoms with Crippen LogP contribution in [0.1, 0.15) is 24.6 Å². The molecule has 0 radical (unpaired) electrons.